The lowest BCUT2D eigenvalue weighted by Crippen LogP contribution is -2.03. The van der Waals surface area contributed by atoms with Crippen LogP contribution in [0.4, 0.5) is 18.9 Å². The maximum Gasteiger partial charge on any atom is 0.426 e. The molecule has 0 saturated carbocycles. The number of alkyl halides is 3. The summed E-state index contributed by atoms with van der Waals surface area (Å²) < 4.78 is 42.7. The van der Waals surface area contributed by atoms with Gasteiger partial charge in [0.2, 0.25) is 11.1 Å². The molecule has 0 aliphatic heterocycles. The Kier molecular flexibility index (Phi) is 4.79. The molecule has 0 amide bonds. The minimum atomic E-state index is -4.33. The smallest absolute Gasteiger partial charge is 0.426 e. The molecule has 0 aliphatic rings. The molecule has 6 heteroatoms. The first-order chi connectivity index (χ1) is 10.5. The quantitative estimate of drug-likeness (QED) is 0.720. The van der Waals surface area contributed by atoms with E-state index in [-0.39, 0.29) is 6.61 Å². The molecule has 2 aromatic carbocycles. The number of nitrogens with zero attached hydrogens (tertiary/aromatic N) is 2. The number of halogens is 3. The van der Waals surface area contributed by atoms with Crippen LogP contribution in [0.3, 0.4) is 0 Å². The van der Waals surface area contributed by atoms with Crippen LogP contribution in [0.15, 0.2) is 54.6 Å². The van der Waals surface area contributed by atoms with Crippen molar-refractivity contribution in [2.75, 3.05) is 6.61 Å². The molecule has 0 saturated heterocycles. The van der Waals surface area contributed by atoms with Gasteiger partial charge in [0.1, 0.15) is 6.61 Å². The van der Waals surface area contributed by atoms with Crippen molar-refractivity contribution in [1.82, 2.24) is 0 Å². The van der Waals surface area contributed by atoms with E-state index >= 15 is 0 Å². The average Bonchev–Trinajstić information content (AvgIpc) is 2.51. The molecule has 0 spiro atoms. The van der Waals surface area contributed by atoms with Gasteiger partial charge in [-0.1, -0.05) is 30.3 Å². The molecule has 0 N–H and O–H groups in total. The Morgan fingerprint density at radius 1 is 1.05 bits per heavy atom. The van der Waals surface area contributed by atoms with Crippen molar-refractivity contribution in [2.24, 2.45) is 0 Å². The second-order valence-corrected chi connectivity index (χ2v) is 4.40. The van der Waals surface area contributed by atoms with Crippen LogP contribution < -0.4 is 4.74 Å². The summed E-state index contributed by atoms with van der Waals surface area (Å²) in [5.41, 5.74) is 0.265. The minimum Gasteiger partial charge on any atom is -0.482 e. The van der Waals surface area contributed by atoms with Crippen molar-refractivity contribution in [3.8, 4) is 5.75 Å². The first-order valence-corrected chi connectivity index (χ1v) is 6.41. The number of ether oxygens (including phenoxy) is 1. The fraction of sp³-hybridized carbons (Fsp3) is 0.125. The van der Waals surface area contributed by atoms with Gasteiger partial charge in [-0.3, -0.25) is 0 Å². The maximum atomic E-state index is 12.4. The molecule has 3 nitrogen and oxygen atoms in total. The molecule has 22 heavy (non-hydrogen) atoms. The molecule has 0 atom stereocenters. The lowest BCUT2D eigenvalue weighted by atomic mass is 10.1. The van der Waals surface area contributed by atoms with Gasteiger partial charge in [-0.25, -0.2) is 0 Å². The number of diazo groups is 1. The lowest BCUT2D eigenvalue weighted by Gasteiger charge is -2.05. The highest BCUT2D eigenvalue weighted by Crippen LogP contribution is 2.29. The summed E-state index contributed by atoms with van der Waals surface area (Å²) >= 11 is 0. The maximum absolute atomic E-state index is 12.4. The molecule has 0 heterocycles. The highest BCUT2D eigenvalue weighted by molar-refractivity contribution is 5.56. The van der Waals surface area contributed by atoms with Crippen molar-refractivity contribution < 1.29 is 17.9 Å². The average molecular weight is 305 g/mol. The Hall–Kier alpha value is -2.81. The summed E-state index contributed by atoms with van der Waals surface area (Å²) in [6.45, 7) is 0.202. The second kappa shape index (κ2) is 6.76. The van der Waals surface area contributed by atoms with Crippen LogP contribution in [-0.2, 0) is 6.18 Å². The number of hydrogen-bond donors (Lipinski definition) is 0. The van der Waals surface area contributed by atoms with Gasteiger partial charge >= 0.3 is 11.9 Å². The zero-order chi connectivity index (χ0) is 16.0. The third kappa shape index (κ3) is 4.09. The zero-order valence-corrected chi connectivity index (χ0v) is 11.4. The molecular weight excluding hydrogens is 293 g/mol. The Balaban J connectivity index is 1.94. The number of benzene rings is 2. The monoisotopic (exact) mass is 305 g/mol. The van der Waals surface area contributed by atoms with E-state index < -0.39 is 11.7 Å². The molecule has 0 radical (unpaired) electrons. The van der Waals surface area contributed by atoms with Crippen LogP contribution in [0.2, 0.25) is 0 Å². The van der Waals surface area contributed by atoms with E-state index in [0.717, 1.165) is 12.1 Å². The molecule has 2 aromatic rings. The van der Waals surface area contributed by atoms with Crippen LogP contribution in [0.5, 0.6) is 5.75 Å². The Labute approximate surface area is 125 Å². The zero-order valence-electron chi connectivity index (χ0n) is 11.4. The fourth-order valence-electron chi connectivity index (χ4n) is 1.77. The van der Waals surface area contributed by atoms with Gasteiger partial charge < -0.3 is 4.74 Å². The standard InChI is InChI=1S/C16H12F3N2O/c17-16(18,19)13-9-7-12(8-10-13)4-3-11-22-15-6-2-1-5-14(15)21-20/h1-10H,11H2/q+1/b4-3+. The van der Waals surface area contributed by atoms with Crippen LogP contribution in [0.1, 0.15) is 11.1 Å². The highest BCUT2D eigenvalue weighted by atomic mass is 19.4. The van der Waals surface area contributed by atoms with Gasteiger partial charge in [-0.2, -0.15) is 13.2 Å². The highest BCUT2D eigenvalue weighted by Gasteiger charge is 2.29. The number of hydrogen-bond acceptors (Lipinski definition) is 2. The van der Waals surface area contributed by atoms with E-state index in [2.05, 4.69) is 4.98 Å². The van der Waals surface area contributed by atoms with Gasteiger partial charge in [-0.05, 0) is 29.8 Å². The minimum absolute atomic E-state index is 0.202. The molecule has 0 fully saturated rings. The molecule has 0 aliphatic carbocycles. The third-order valence-electron chi connectivity index (χ3n) is 2.86. The predicted molar refractivity (Wildman–Crippen MR) is 77.2 cm³/mol. The van der Waals surface area contributed by atoms with Gasteiger partial charge in [0, 0.05) is 6.07 Å². The summed E-state index contributed by atoms with van der Waals surface area (Å²) in [7, 11) is 0. The molecule has 0 bridgehead atoms. The van der Waals surface area contributed by atoms with E-state index in [0.29, 0.717) is 17.0 Å². The number of para-hydroxylation sites is 1. The molecule has 2 rings (SSSR count). The summed E-state index contributed by atoms with van der Waals surface area (Å²) in [4.78, 5) is 3.08. The van der Waals surface area contributed by atoms with Crippen LogP contribution >= 0.6 is 0 Å². The van der Waals surface area contributed by atoms with E-state index in [1.165, 1.54) is 12.1 Å². The van der Waals surface area contributed by atoms with Gasteiger partial charge in [0.15, 0.2) is 4.98 Å². The predicted octanol–water partition coefficient (Wildman–Crippen LogP) is 5.28. The van der Waals surface area contributed by atoms with Crippen LogP contribution in [0, 0.1) is 5.39 Å². The Morgan fingerprint density at radius 2 is 1.73 bits per heavy atom. The van der Waals surface area contributed by atoms with Gasteiger partial charge in [0.25, 0.3) is 0 Å². The van der Waals surface area contributed by atoms with Crippen molar-refractivity contribution in [3.63, 3.8) is 0 Å². The first-order valence-electron chi connectivity index (χ1n) is 6.41. The van der Waals surface area contributed by atoms with Gasteiger partial charge in [-0.15, -0.1) is 0 Å². The van der Waals surface area contributed by atoms with Crippen molar-refractivity contribution in [2.45, 2.75) is 6.18 Å². The summed E-state index contributed by atoms with van der Waals surface area (Å²) in [5, 5.41) is 8.78. The van der Waals surface area contributed by atoms with Crippen LogP contribution in [-0.4, -0.2) is 6.61 Å². The van der Waals surface area contributed by atoms with Crippen LogP contribution in [0.25, 0.3) is 11.1 Å². The Morgan fingerprint density at radius 3 is 2.36 bits per heavy atom. The third-order valence-corrected chi connectivity index (χ3v) is 2.86. The normalized spacial score (nSPS) is 11.4. The van der Waals surface area contributed by atoms with Crippen molar-refractivity contribution in [3.05, 3.63) is 70.7 Å². The topological polar surface area (TPSA) is 37.4 Å². The number of rotatable bonds is 4. The summed E-state index contributed by atoms with van der Waals surface area (Å²) in [6, 6.07) is 11.5. The van der Waals surface area contributed by atoms with E-state index in [1.54, 1.807) is 36.4 Å². The summed E-state index contributed by atoms with van der Waals surface area (Å²) in [5.74, 6) is 0.419. The summed E-state index contributed by atoms with van der Waals surface area (Å²) in [6.07, 6.45) is -1.02. The molecule has 0 aromatic heterocycles. The van der Waals surface area contributed by atoms with E-state index in [1.807, 2.05) is 0 Å². The lowest BCUT2D eigenvalue weighted by molar-refractivity contribution is -0.137. The van der Waals surface area contributed by atoms with Crippen molar-refractivity contribution in [1.29, 1.82) is 5.39 Å². The largest absolute Gasteiger partial charge is 0.482 e. The Bertz CT molecular complexity index is 701. The van der Waals surface area contributed by atoms with E-state index in [9.17, 15) is 13.2 Å². The van der Waals surface area contributed by atoms with E-state index in [4.69, 9.17) is 10.1 Å². The SMILES string of the molecule is N#[N+]c1ccccc1OC/C=C/c1ccc(C(F)(F)F)cc1. The first kappa shape index (κ1) is 15.6. The second-order valence-electron chi connectivity index (χ2n) is 4.40. The van der Waals surface area contributed by atoms with Gasteiger partial charge in [0.05, 0.1) is 5.56 Å². The molecule has 112 valence electrons. The van der Waals surface area contributed by atoms with Crippen molar-refractivity contribution >= 4 is 11.8 Å². The molecule has 0 unspecified atom stereocenters. The molecular formula is C16H12F3N2O+. The fourth-order valence-corrected chi connectivity index (χ4v) is 1.77.